The molecular weight excluding hydrogens is 338 g/mol. The van der Waals surface area contributed by atoms with Crippen LogP contribution in [0.15, 0.2) is 40.9 Å². The van der Waals surface area contributed by atoms with Crippen molar-refractivity contribution in [1.82, 2.24) is 0 Å². The maximum atomic E-state index is 13.3. The molecule has 1 nitrogen and oxygen atoms in total. The monoisotopic (exact) mass is 346 g/mol. The predicted octanol–water partition coefficient (Wildman–Crippen LogP) is 4.66. The predicted molar refractivity (Wildman–Crippen MR) is 74.2 cm³/mol. The molecule has 0 heterocycles. The molecule has 19 heavy (non-hydrogen) atoms. The highest BCUT2D eigenvalue weighted by molar-refractivity contribution is 9.10. The summed E-state index contributed by atoms with van der Waals surface area (Å²) in [5.74, 6) is -0.944. The zero-order valence-corrected chi connectivity index (χ0v) is 12.0. The quantitative estimate of drug-likeness (QED) is 0.856. The van der Waals surface area contributed by atoms with Crippen LogP contribution in [0.5, 0.6) is 0 Å². The average Bonchev–Trinajstić information content (AvgIpc) is 2.37. The number of halogens is 4. The Labute approximate surface area is 123 Å². The molecular formula is C14H10BrClF2O. The highest BCUT2D eigenvalue weighted by atomic mass is 79.9. The number of aliphatic hydroxyl groups excluding tert-OH is 1. The summed E-state index contributed by atoms with van der Waals surface area (Å²) in [6, 6.07) is 8.73. The molecule has 0 fully saturated rings. The Morgan fingerprint density at radius 2 is 1.89 bits per heavy atom. The Morgan fingerprint density at radius 3 is 2.58 bits per heavy atom. The van der Waals surface area contributed by atoms with Gasteiger partial charge in [0.1, 0.15) is 11.6 Å². The average molecular weight is 348 g/mol. The van der Waals surface area contributed by atoms with Gasteiger partial charge >= 0.3 is 0 Å². The van der Waals surface area contributed by atoms with Gasteiger partial charge in [0.15, 0.2) is 0 Å². The fraction of sp³-hybridized carbons (Fsp3) is 0.143. The van der Waals surface area contributed by atoms with Gasteiger partial charge in [0, 0.05) is 12.0 Å². The third-order valence-corrected chi connectivity index (χ3v) is 3.76. The van der Waals surface area contributed by atoms with Crippen molar-refractivity contribution < 1.29 is 13.9 Å². The Morgan fingerprint density at radius 1 is 1.16 bits per heavy atom. The molecule has 1 N–H and O–H groups in total. The van der Waals surface area contributed by atoms with Crippen molar-refractivity contribution >= 4 is 27.5 Å². The molecule has 0 aliphatic carbocycles. The largest absolute Gasteiger partial charge is 0.388 e. The summed E-state index contributed by atoms with van der Waals surface area (Å²) < 4.78 is 26.7. The smallest absolute Gasteiger partial charge is 0.142 e. The second-order valence-electron chi connectivity index (χ2n) is 4.11. The van der Waals surface area contributed by atoms with E-state index >= 15 is 0 Å². The minimum Gasteiger partial charge on any atom is -0.388 e. The van der Waals surface area contributed by atoms with E-state index in [4.69, 9.17) is 11.6 Å². The topological polar surface area (TPSA) is 20.2 Å². The fourth-order valence-electron chi connectivity index (χ4n) is 1.78. The van der Waals surface area contributed by atoms with E-state index in [1.807, 2.05) is 0 Å². The molecule has 0 spiro atoms. The summed E-state index contributed by atoms with van der Waals surface area (Å²) in [5.41, 5.74) is 1.04. The van der Waals surface area contributed by atoms with Crippen molar-refractivity contribution in [2.75, 3.05) is 0 Å². The first-order valence-electron chi connectivity index (χ1n) is 5.55. The Bertz CT molecular complexity index is 604. The van der Waals surface area contributed by atoms with E-state index in [0.717, 1.165) is 5.56 Å². The zero-order chi connectivity index (χ0) is 14.0. The molecule has 0 aliphatic heterocycles. The summed E-state index contributed by atoms with van der Waals surface area (Å²) in [4.78, 5) is 0. The van der Waals surface area contributed by atoms with Gasteiger partial charge in [-0.15, -0.1) is 0 Å². The van der Waals surface area contributed by atoms with E-state index in [1.165, 1.54) is 18.2 Å². The lowest BCUT2D eigenvalue weighted by molar-refractivity contribution is 0.178. The second kappa shape index (κ2) is 5.99. The minimum atomic E-state index is -0.944. The van der Waals surface area contributed by atoms with E-state index in [0.29, 0.717) is 10.0 Å². The highest BCUT2D eigenvalue weighted by Gasteiger charge is 2.15. The lowest BCUT2D eigenvalue weighted by atomic mass is 10.0. The van der Waals surface area contributed by atoms with Gasteiger partial charge in [0.05, 0.1) is 15.6 Å². The first kappa shape index (κ1) is 14.4. The van der Waals surface area contributed by atoms with Gasteiger partial charge in [-0.1, -0.05) is 29.8 Å². The summed E-state index contributed by atoms with van der Waals surface area (Å²) in [7, 11) is 0. The number of benzene rings is 2. The summed E-state index contributed by atoms with van der Waals surface area (Å²) in [6.45, 7) is 0. The number of aliphatic hydroxyl groups is 1. The zero-order valence-electron chi connectivity index (χ0n) is 9.71. The van der Waals surface area contributed by atoms with Crippen molar-refractivity contribution in [3.8, 4) is 0 Å². The van der Waals surface area contributed by atoms with Gasteiger partial charge < -0.3 is 5.11 Å². The fourth-order valence-corrected chi connectivity index (χ4v) is 2.46. The maximum Gasteiger partial charge on any atom is 0.142 e. The molecule has 0 saturated heterocycles. The van der Waals surface area contributed by atoms with Gasteiger partial charge in [-0.25, -0.2) is 8.78 Å². The molecule has 0 aromatic heterocycles. The van der Waals surface area contributed by atoms with Crippen molar-refractivity contribution in [1.29, 1.82) is 0 Å². The molecule has 2 rings (SSSR count). The standard InChI is InChI=1S/C14H10BrClF2O/c15-10-6-8(4-5-11(10)17)7-13(19)9-2-1-3-12(18)14(9)16/h1-6,13,19H,7H2. The van der Waals surface area contributed by atoms with Crippen LogP contribution in [-0.2, 0) is 6.42 Å². The van der Waals surface area contributed by atoms with Gasteiger partial charge in [-0.3, -0.25) is 0 Å². The van der Waals surface area contributed by atoms with Crippen LogP contribution in [0.3, 0.4) is 0 Å². The highest BCUT2D eigenvalue weighted by Crippen LogP contribution is 2.28. The van der Waals surface area contributed by atoms with E-state index in [-0.39, 0.29) is 17.3 Å². The molecule has 0 saturated carbocycles. The van der Waals surface area contributed by atoms with E-state index in [9.17, 15) is 13.9 Å². The summed E-state index contributed by atoms with van der Waals surface area (Å²) >= 11 is 8.88. The van der Waals surface area contributed by atoms with Crippen LogP contribution in [0, 0.1) is 11.6 Å². The van der Waals surface area contributed by atoms with Crippen molar-refractivity contribution in [3.05, 3.63) is 68.7 Å². The van der Waals surface area contributed by atoms with Crippen LogP contribution in [0.25, 0.3) is 0 Å². The van der Waals surface area contributed by atoms with Crippen LogP contribution < -0.4 is 0 Å². The lowest BCUT2D eigenvalue weighted by Gasteiger charge is -2.13. The van der Waals surface area contributed by atoms with Gasteiger partial charge in [0.2, 0.25) is 0 Å². The molecule has 1 unspecified atom stereocenters. The molecule has 0 amide bonds. The second-order valence-corrected chi connectivity index (χ2v) is 5.34. The van der Waals surface area contributed by atoms with Gasteiger partial charge in [-0.05, 0) is 39.7 Å². The number of rotatable bonds is 3. The molecule has 1 atom stereocenters. The first-order valence-corrected chi connectivity index (χ1v) is 6.72. The number of hydrogen-bond donors (Lipinski definition) is 1. The third-order valence-electron chi connectivity index (χ3n) is 2.75. The van der Waals surface area contributed by atoms with Crippen LogP contribution in [0.4, 0.5) is 8.78 Å². The van der Waals surface area contributed by atoms with Gasteiger partial charge in [-0.2, -0.15) is 0 Å². The normalized spacial score (nSPS) is 12.5. The van der Waals surface area contributed by atoms with Crippen molar-refractivity contribution in [2.24, 2.45) is 0 Å². The minimum absolute atomic E-state index is 0.0869. The first-order chi connectivity index (χ1) is 8.99. The summed E-state index contributed by atoms with van der Waals surface area (Å²) in [6.07, 6.45) is -0.720. The maximum absolute atomic E-state index is 13.3. The Hall–Kier alpha value is -0.970. The molecule has 0 radical (unpaired) electrons. The van der Waals surface area contributed by atoms with Crippen molar-refractivity contribution in [2.45, 2.75) is 12.5 Å². The molecule has 5 heteroatoms. The Kier molecular flexibility index (Phi) is 4.55. The van der Waals surface area contributed by atoms with Crippen LogP contribution in [0.1, 0.15) is 17.2 Å². The third kappa shape index (κ3) is 3.32. The molecule has 2 aromatic rings. The molecule has 100 valence electrons. The van der Waals surface area contributed by atoms with Crippen molar-refractivity contribution in [3.63, 3.8) is 0 Å². The van der Waals surface area contributed by atoms with E-state index in [2.05, 4.69) is 15.9 Å². The lowest BCUT2D eigenvalue weighted by Crippen LogP contribution is -2.03. The van der Waals surface area contributed by atoms with Gasteiger partial charge in [0.25, 0.3) is 0 Å². The molecule has 0 bridgehead atoms. The molecule has 2 aromatic carbocycles. The van der Waals surface area contributed by atoms with E-state index in [1.54, 1.807) is 18.2 Å². The number of hydrogen-bond acceptors (Lipinski definition) is 1. The van der Waals surface area contributed by atoms with Crippen LogP contribution in [0.2, 0.25) is 5.02 Å². The van der Waals surface area contributed by atoms with E-state index < -0.39 is 11.9 Å². The Balaban J connectivity index is 2.23. The summed E-state index contributed by atoms with van der Waals surface area (Å²) in [5, 5.41) is 9.99. The van der Waals surface area contributed by atoms with Crippen LogP contribution in [-0.4, -0.2) is 5.11 Å². The molecule has 0 aliphatic rings. The SMILES string of the molecule is OC(Cc1ccc(F)c(Br)c1)c1cccc(F)c1Cl. The van der Waals surface area contributed by atoms with Crippen LogP contribution >= 0.6 is 27.5 Å².